The summed E-state index contributed by atoms with van der Waals surface area (Å²) >= 11 is 0. The molecule has 2 fully saturated rings. The highest BCUT2D eigenvalue weighted by Crippen LogP contribution is 2.22. The fourth-order valence-corrected chi connectivity index (χ4v) is 3.66. The molecule has 3 amide bonds. The van der Waals surface area contributed by atoms with Crippen molar-refractivity contribution in [2.24, 2.45) is 0 Å². The van der Waals surface area contributed by atoms with Crippen molar-refractivity contribution >= 4 is 23.4 Å². The number of rotatable bonds is 4. The second kappa shape index (κ2) is 7.68. The Hall–Kier alpha value is -2.37. The highest BCUT2D eigenvalue weighted by Gasteiger charge is 2.35. The third-order valence-electron chi connectivity index (χ3n) is 5.04. The van der Waals surface area contributed by atoms with Crippen LogP contribution in [0.25, 0.3) is 0 Å². The predicted octanol–water partition coefficient (Wildman–Crippen LogP) is 2.94. The lowest BCUT2D eigenvalue weighted by Crippen LogP contribution is -2.49. The molecule has 0 bridgehead atoms. The summed E-state index contributed by atoms with van der Waals surface area (Å²) < 4.78 is 0. The molecule has 1 atom stereocenters. The van der Waals surface area contributed by atoms with E-state index >= 15 is 0 Å². The van der Waals surface area contributed by atoms with Gasteiger partial charge in [-0.1, -0.05) is 25.0 Å². The quantitative estimate of drug-likeness (QED) is 0.825. The molecule has 0 spiro atoms. The van der Waals surface area contributed by atoms with E-state index in [1.165, 1.54) is 6.92 Å². The average molecular weight is 343 g/mol. The van der Waals surface area contributed by atoms with Crippen LogP contribution in [0.4, 0.5) is 10.5 Å². The molecule has 134 valence electrons. The van der Waals surface area contributed by atoms with Crippen LogP contribution in [0.15, 0.2) is 24.3 Å². The van der Waals surface area contributed by atoms with Gasteiger partial charge in [0, 0.05) is 23.8 Å². The van der Waals surface area contributed by atoms with Crippen LogP contribution in [0.2, 0.25) is 0 Å². The summed E-state index contributed by atoms with van der Waals surface area (Å²) in [5, 5.41) is 5.90. The van der Waals surface area contributed by atoms with E-state index in [9.17, 15) is 14.4 Å². The molecule has 0 unspecified atom stereocenters. The van der Waals surface area contributed by atoms with Crippen molar-refractivity contribution in [1.82, 2.24) is 10.2 Å². The third kappa shape index (κ3) is 4.18. The van der Waals surface area contributed by atoms with E-state index in [1.807, 2.05) is 0 Å². The molecule has 0 aromatic heterocycles. The van der Waals surface area contributed by atoms with Gasteiger partial charge >= 0.3 is 6.03 Å². The zero-order chi connectivity index (χ0) is 17.8. The first-order valence-electron chi connectivity index (χ1n) is 9.03. The van der Waals surface area contributed by atoms with Gasteiger partial charge in [0.15, 0.2) is 5.78 Å². The standard InChI is InChI=1S/C19H25N3O3/c1-13(23)14-6-4-9-16(12-14)21-19(25)22-11-5-10-17(22)18(24)20-15-7-2-3-8-15/h4,6,9,12,15,17H,2-3,5,7-8,10-11H2,1H3,(H,20,24)(H,21,25)/t17-/m1/s1. The third-order valence-corrected chi connectivity index (χ3v) is 5.04. The van der Waals surface area contributed by atoms with Gasteiger partial charge in [0.05, 0.1) is 0 Å². The number of nitrogens with zero attached hydrogens (tertiary/aromatic N) is 1. The summed E-state index contributed by atoms with van der Waals surface area (Å²) in [6.07, 6.45) is 5.90. The minimum absolute atomic E-state index is 0.0444. The van der Waals surface area contributed by atoms with Crippen molar-refractivity contribution in [3.8, 4) is 0 Å². The highest BCUT2D eigenvalue weighted by molar-refractivity contribution is 5.97. The van der Waals surface area contributed by atoms with Gasteiger partial charge < -0.3 is 15.5 Å². The summed E-state index contributed by atoms with van der Waals surface area (Å²) in [4.78, 5) is 38.2. The van der Waals surface area contributed by atoms with Crippen LogP contribution in [0.3, 0.4) is 0 Å². The first kappa shape index (κ1) is 17.5. The molecule has 6 heteroatoms. The number of benzene rings is 1. The number of Topliss-reactive ketones (excluding diaryl/α,β-unsaturated/α-hetero) is 1. The second-order valence-electron chi connectivity index (χ2n) is 6.91. The fraction of sp³-hybridized carbons (Fsp3) is 0.526. The molecule has 1 aromatic rings. The van der Waals surface area contributed by atoms with Crippen LogP contribution >= 0.6 is 0 Å². The first-order valence-corrected chi connectivity index (χ1v) is 9.03. The minimum Gasteiger partial charge on any atom is -0.352 e. The molecule has 1 saturated heterocycles. The normalized spacial score (nSPS) is 20.5. The molecule has 6 nitrogen and oxygen atoms in total. The number of hydrogen-bond donors (Lipinski definition) is 2. The molecule has 1 aliphatic carbocycles. The van der Waals surface area contributed by atoms with Crippen molar-refractivity contribution in [3.63, 3.8) is 0 Å². The molecular formula is C19H25N3O3. The molecule has 1 aromatic carbocycles. The van der Waals surface area contributed by atoms with Crippen molar-refractivity contribution < 1.29 is 14.4 Å². The fourth-order valence-electron chi connectivity index (χ4n) is 3.66. The largest absolute Gasteiger partial charge is 0.352 e. The van der Waals surface area contributed by atoms with Gasteiger partial charge in [-0.05, 0) is 44.7 Å². The molecule has 1 saturated carbocycles. The van der Waals surface area contributed by atoms with Crippen LogP contribution in [0.1, 0.15) is 55.8 Å². The lowest BCUT2D eigenvalue weighted by molar-refractivity contribution is -0.125. The maximum atomic E-state index is 12.6. The lowest BCUT2D eigenvalue weighted by atomic mass is 10.1. The van der Waals surface area contributed by atoms with Crippen molar-refractivity contribution in [3.05, 3.63) is 29.8 Å². The average Bonchev–Trinajstić information content (AvgIpc) is 3.26. The topological polar surface area (TPSA) is 78.5 Å². The van der Waals surface area contributed by atoms with E-state index in [0.717, 1.165) is 32.1 Å². The first-order chi connectivity index (χ1) is 12.0. The molecule has 25 heavy (non-hydrogen) atoms. The Balaban J connectivity index is 1.63. The van der Waals surface area contributed by atoms with Crippen LogP contribution in [0.5, 0.6) is 0 Å². The molecule has 3 rings (SSSR count). The molecule has 1 heterocycles. The van der Waals surface area contributed by atoms with Gasteiger partial charge in [-0.2, -0.15) is 0 Å². The van der Waals surface area contributed by atoms with Gasteiger partial charge in [-0.25, -0.2) is 4.79 Å². The predicted molar refractivity (Wildman–Crippen MR) is 95.6 cm³/mol. The SMILES string of the molecule is CC(=O)c1cccc(NC(=O)N2CCC[C@@H]2C(=O)NC2CCCC2)c1. The number of amides is 3. The number of hydrogen-bond acceptors (Lipinski definition) is 3. The van der Waals surface area contributed by atoms with Crippen molar-refractivity contribution in [2.75, 3.05) is 11.9 Å². The summed E-state index contributed by atoms with van der Waals surface area (Å²) in [6, 6.07) is 6.41. The minimum atomic E-state index is -0.406. The number of anilines is 1. The Kier molecular flexibility index (Phi) is 5.36. The molecule has 0 radical (unpaired) electrons. The van der Waals surface area contributed by atoms with E-state index in [2.05, 4.69) is 10.6 Å². The van der Waals surface area contributed by atoms with Crippen LogP contribution in [0, 0.1) is 0 Å². The van der Waals surface area contributed by atoms with E-state index in [-0.39, 0.29) is 23.8 Å². The monoisotopic (exact) mass is 343 g/mol. The summed E-state index contributed by atoms with van der Waals surface area (Å²) in [5.41, 5.74) is 1.12. The van der Waals surface area contributed by atoms with E-state index in [1.54, 1.807) is 29.2 Å². The zero-order valence-corrected chi connectivity index (χ0v) is 14.6. The van der Waals surface area contributed by atoms with Gasteiger partial charge in [0.25, 0.3) is 0 Å². The molecular weight excluding hydrogens is 318 g/mol. The Morgan fingerprint density at radius 3 is 2.56 bits per heavy atom. The van der Waals surface area contributed by atoms with E-state index in [4.69, 9.17) is 0 Å². The Morgan fingerprint density at radius 2 is 1.84 bits per heavy atom. The Labute approximate surface area is 148 Å². The number of carbonyl (C=O) groups excluding carboxylic acids is 3. The van der Waals surface area contributed by atoms with Crippen LogP contribution in [-0.2, 0) is 4.79 Å². The molecule has 2 aliphatic rings. The van der Waals surface area contributed by atoms with E-state index in [0.29, 0.717) is 24.2 Å². The summed E-state index contributed by atoms with van der Waals surface area (Å²) in [7, 11) is 0. The van der Waals surface area contributed by atoms with Gasteiger partial charge in [-0.3, -0.25) is 9.59 Å². The van der Waals surface area contributed by atoms with E-state index < -0.39 is 6.04 Å². The number of ketones is 1. The van der Waals surface area contributed by atoms with Gasteiger partial charge in [0.1, 0.15) is 6.04 Å². The van der Waals surface area contributed by atoms with Crippen molar-refractivity contribution in [1.29, 1.82) is 0 Å². The second-order valence-corrected chi connectivity index (χ2v) is 6.91. The van der Waals surface area contributed by atoms with Crippen LogP contribution in [-0.4, -0.2) is 41.2 Å². The smallest absolute Gasteiger partial charge is 0.322 e. The number of carbonyl (C=O) groups is 3. The molecule has 2 N–H and O–H groups in total. The number of urea groups is 1. The number of nitrogens with one attached hydrogen (secondary N) is 2. The zero-order valence-electron chi connectivity index (χ0n) is 14.6. The lowest BCUT2D eigenvalue weighted by Gasteiger charge is -2.25. The van der Waals surface area contributed by atoms with Gasteiger partial charge in [-0.15, -0.1) is 0 Å². The van der Waals surface area contributed by atoms with Crippen molar-refractivity contribution in [2.45, 2.75) is 57.5 Å². The Morgan fingerprint density at radius 1 is 1.08 bits per heavy atom. The molecule has 1 aliphatic heterocycles. The summed E-state index contributed by atoms with van der Waals surface area (Å²) in [6.45, 7) is 2.06. The van der Waals surface area contributed by atoms with Gasteiger partial charge in [0.2, 0.25) is 5.91 Å². The van der Waals surface area contributed by atoms with Crippen LogP contribution < -0.4 is 10.6 Å². The number of likely N-dealkylation sites (tertiary alicyclic amines) is 1. The summed E-state index contributed by atoms with van der Waals surface area (Å²) in [5.74, 6) is -0.0943. The maximum Gasteiger partial charge on any atom is 0.322 e. The maximum absolute atomic E-state index is 12.6. The Bertz CT molecular complexity index is 668. The highest BCUT2D eigenvalue weighted by atomic mass is 16.2.